The van der Waals surface area contributed by atoms with Gasteiger partial charge in [0.1, 0.15) is 24.2 Å². The standard InChI is InChI=1S/C38H38F3N3O3S/c1-2-3-23-43(25-38(39,40)41)37(46)34-28-17-8-10-20-31(28)48-32-21-13-18-29(35(32)34)44-24-12-11-22-33(44)42-36(45)27-16-7-9-19-30(27)47-26-14-5-4-6-15-26/h4-10,13-21,33-34H,2-3,11-12,22-25H2,1H3,(H,42,45). The number of anilines is 1. The number of amides is 2. The van der Waals surface area contributed by atoms with Crippen molar-refractivity contribution in [2.24, 2.45) is 0 Å². The van der Waals surface area contributed by atoms with Gasteiger partial charge in [-0.1, -0.05) is 79.7 Å². The molecule has 0 aromatic heterocycles. The molecule has 250 valence electrons. The van der Waals surface area contributed by atoms with Gasteiger partial charge in [-0.05, 0) is 73.7 Å². The van der Waals surface area contributed by atoms with Crippen LogP contribution in [0.15, 0.2) is 107 Å². The molecule has 0 saturated carbocycles. The second-order valence-corrected chi connectivity index (χ2v) is 13.2. The number of carbonyl (C=O) groups is 2. The molecular weight excluding hydrogens is 635 g/mol. The predicted octanol–water partition coefficient (Wildman–Crippen LogP) is 9.01. The lowest BCUT2D eigenvalue weighted by atomic mass is 9.87. The van der Waals surface area contributed by atoms with Crippen LogP contribution in [0, 0.1) is 0 Å². The van der Waals surface area contributed by atoms with Gasteiger partial charge in [0, 0.05) is 34.1 Å². The maximum Gasteiger partial charge on any atom is 0.406 e. The van der Waals surface area contributed by atoms with E-state index in [0.29, 0.717) is 54.0 Å². The lowest BCUT2D eigenvalue weighted by molar-refractivity contribution is -0.161. The zero-order chi connectivity index (χ0) is 33.7. The maximum atomic E-state index is 14.4. The number of unbranched alkanes of at least 4 members (excludes halogenated alkanes) is 1. The van der Waals surface area contributed by atoms with Gasteiger partial charge in [0.05, 0.1) is 11.5 Å². The first kappa shape index (κ1) is 33.5. The van der Waals surface area contributed by atoms with E-state index in [1.54, 1.807) is 18.2 Å². The van der Waals surface area contributed by atoms with E-state index in [2.05, 4.69) is 10.2 Å². The fourth-order valence-corrected chi connectivity index (χ4v) is 7.64. The Labute approximate surface area is 283 Å². The van der Waals surface area contributed by atoms with Crippen molar-refractivity contribution in [3.05, 3.63) is 114 Å². The summed E-state index contributed by atoms with van der Waals surface area (Å²) in [5, 5.41) is 3.22. The molecule has 2 heterocycles. The van der Waals surface area contributed by atoms with Gasteiger partial charge >= 0.3 is 6.18 Å². The molecule has 2 unspecified atom stereocenters. The Bertz CT molecular complexity index is 1750. The Morgan fingerprint density at radius 2 is 1.65 bits per heavy atom. The number of rotatable bonds is 10. The minimum Gasteiger partial charge on any atom is -0.457 e. The number of nitrogens with zero attached hydrogens (tertiary/aromatic N) is 2. The molecule has 2 amide bonds. The summed E-state index contributed by atoms with van der Waals surface area (Å²) in [6, 6.07) is 29.5. The van der Waals surface area contributed by atoms with E-state index in [0.717, 1.165) is 33.2 Å². The number of carbonyl (C=O) groups excluding carboxylic acids is 2. The van der Waals surface area contributed by atoms with Gasteiger partial charge in [0.2, 0.25) is 5.91 Å². The van der Waals surface area contributed by atoms with Gasteiger partial charge in [-0.3, -0.25) is 9.59 Å². The molecular formula is C38H38F3N3O3S. The topological polar surface area (TPSA) is 61.9 Å². The third-order valence-electron chi connectivity index (χ3n) is 8.70. The van der Waals surface area contributed by atoms with E-state index in [-0.39, 0.29) is 12.5 Å². The van der Waals surface area contributed by atoms with Crippen LogP contribution in [0.4, 0.5) is 18.9 Å². The van der Waals surface area contributed by atoms with Crippen LogP contribution < -0.4 is 15.0 Å². The van der Waals surface area contributed by atoms with Crippen LogP contribution in [0.25, 0.3) is 0 Å². The van der Waals surface area contributed by atoms with Crippen molar-refractivity contribution < 1.29 is 27.5 Å². The highest BCUT2D eigenvalue weighted by Gasteiger charge is 2.41. The molecule has 4 aromatic rings. The van der Waals surface area contributed by atoms with Crippen molar-refractivity contribution in [3.63, 3.8) is 0 Å². The van der Waals surface area contributed by atoms with Crippen molar-refractivity contribution in [2.45, 2.75) is 67.1 Å². The number of ether oxygens (including phenoxy) is 1. The molecule has 2 atom stereocenters. The number of nitrogens with one attached hydrogen (secondary N) is 1. The molecule has 48 heavy (non-hydrogen) atoms. The number of alkyl halides is 3. The molecule has 0 spiro atoms. The predicted molar refractivity (Wildman–Crippen MR) is 182 cm³/mol. The molecule has 6 nitrogen and oxygen atoms in total. The summed E-state index contributed by atoms with van der Waals surface area (Å²) in [7, 11) is 0. The van der Waals surface area contributed by atoms with Crippen LogP contribution in [0.2, 0.25) is 0 Å². The van der Waals surface area contributed by atoms with Crippen LogP contribution in [-0.4, -0.2) is 48.7 Å². The number of halogens is 3. The normalized spacial score (nSPS) is 17.2. The fraction of sp³-hybridized carbons (Fsp3) is 0.316. The smallest absolute Gasteiger partial charge is 0.406 e. The molecule has 4 aromatic carbocycles. The average Bonchev–Trinajstić information content (AvgIpc) is 3.09. The molecule has 1 fully saturated rings. The van der Waals surface area contributed by atoms with Crippen LogP contribution in [0.3, 0.4) is 0 Å². The Morgan fingerprint density at radius 1 is 0.917 bits per heavy atom. The third-order valence-corrected chi connectivity index (χ3v) is 9.87. The minimum atomic E-state index is -4.53. The summed E-state index contributed by atoms with van der Waals surface area (Å²) < 4.78 is 47.6. The number of hydrogen-bond acceptors (Lipinski definition) is 5. The van der Waals surface area contributed by atoms with Gasteiger partial charge in [-0.25, -0.2) is 0 Å². The van der Waals surface area contributed by atoms with Crippen molar-refractivity contribution in [3.8, 4) is 11.5 Å². The summed E-state index contributed by atoms with van der Waals surface area (Å²) in [5.41, 5.74) is 2.51. The minimum absolute atomic E-state index is 0.0189. The molecule has 10 heteroatoms. The lowest BCUT2D eigenvalue weighted by Gasteiger charge is -2.41. The third kappa shape index (κ3) is 7.49. The van der Waals surface area contributed by atoms with Crippen LogP contribution in [0.1, 0.15) is 66.4 Å². The van der Waals surface area contributed by atoms with Crippen molar-refractivity contribution in [1.82, 2.24) is 10.2 Å². The molecule has 0 bridgehead atoms. The molecule has 1 N–H and O–H groups in total. The summed E-state index contributed by atoms with van der Waals surface area (Å²) in [4.78, 5) is 33.0. The first-order valence-corrected chi connectivity index (χ1v) is 17.2. The van der Waals surface area contributed by atoms with Gasteiger partial charge in [-0.15, -0.1) is 0 Å². The summed E-state index contributed by atoms with van der Waals surface area (Å²) in [5.74, 6) is -0.750. The van der Waals surface area contributed by atoms with Crippen molar-refractivity contribution in [1.29, 1.82) is 0 Å². The zero-order valence-electron chi connectivity index (χ0n) is 26.7. The first-order chi connectivity index (χ1) is 23.2. The number of piperidine rings is 1. The average molecular weight is 674 g/mol. The highest BCUT2D eigenvalue weighted by atomic mass is 32.2. The summed E-state index contributed by atoms with van der Waals surface area (Å²) in [6.07, 6.45) is -1.40. The molecule has 1 saturated heterocycles. The fourth-order valence-electron chi connectivity index (χ4n) is 6.48. The Hall–Kier alpha value is -4.44. The van der Waals surface area contributed by atoms with Crippen LogP contribution >= 0.6 is 11.8 Å². The highest BCUT2D eigenvalue weighted by molar-refractivity contribution is 7.99. The summed E-state index contributed by atoms with van der Waals surface area (Å²) >= 11 is 1.52. The van der Waals surface area contributed by atoms with E-state index in [1.165, 1.54) is 11.8 Å². The molecule has 6 rings (SSSR count). The maximum absolute atomic E-state index is 14.4. The van der Waals surface area contributed by atoms with Crippen LogP contribution in [-0.2, 0) is 4.79 Å². The largest absolute Gasteiger partial charge is 0.457 e. The molecule has 0 aliphatic carbocycles. The second-order valence-electron chi connectivity index (χ2n) is 12.1. The zero-order valence-corrected chi connectivity index (χ0v) is 27.5. The van der Waals surface area contributed by atoms with E-state index in [1.807, 2.05) is 85.8 Å². The number of hydrogen-bond donors (Lipinski definition) is 1. The number of benzene rings is 4. The number of para-hydroxylation sites is 2. The second kappa shape index (κ2) is 14.8. The van der Waals surface area contributed by atoms with Crippen molar-refractivity contribution in [2.75, 3.05) is 24.5 Å². The monoisotopic (exact) mass is 673 g/mol. The van der Waals surface area contributed by atoms with E-state index in [9.17, 15) is 22.8 Å². The van der Waals surface area contributed by atoms with Crippen LogP contribution in [0.5, 0.6) is 11.5 Å². The van der Waals surface area contributed by atoms with E-state index in [4.69, 9.17) is 4.74 Å². The van der Waals surface area contributed by atoms with Crippen molar-refractivity contribution >= 4 is 29.3 Å². The quantitative estimate of drug-likeness (QED) is 0.182. The van der Waals surface area contributed by atoms with E-state index >= 15 is 0 Å². The Morgan fingerprint density at radius 3 is 2.44 bits per heavy atom. The highest BCUT2D eigenvalue weighted by Crippen LogP contribution is 2.50. The van der Waals surface area contributed by atoms with Gasteiger partial charge < -0.3 is 19.9 Å². The molecule has 2 aliphatic heterocycles. The van der Waals surface area contributed by atoms with Gasteiger partial charge in [-0.2, -0.15) is 13.2 Å². The molecule has 0 radical (unpaired) electrons. The van der Waals surface area contributed by atoms with Gasteiger partial charge in [0.25, 0.3) is 5.91 Å². The first-order valence-electron chi connectivity index (χ1n) is 16.4. The van der Waals surface area contributed by atoms with E-state index < -0.39 is 30.7 Å². The van der Waals surface area contributed by atoms with Gasteiger partial charge in [0.15, 0.2) is 0 Å². The Kier molecular flexibility index (Phi) is 10.3. The molecule has 2 aliphatic rings. The lowest BCUT2D eigenvalue weighted by Crippen LogP contribution is -2.51. The summed E-state index contributed by atoms with van der Waals surface area (Å²) in [6.45, 7) is 1.22. The SMILES string of the molecule is CCCCN(CC(F)(F)F)C(=O)C1c2ccccc2Sc2cccc(N3CCCCC3NC(=O)c3ccccc3Oc3ccccc3)c21. The Balaban J connectivity index is 1.36. The number of fused-ring (bicyclic) bond motifs is 2.